The van der Waals surface area contributed by atoms with E-state index in [0.717, 1.165) is 54.2 Å². The monoisotopic (exact) mass is 354 g/mol. The van der Waals surface area contributed by atoms with Crippen LogP contribution in [0.5, 0.6) is 0 Å². The van der Waals surface area contributed by atoms with Gasteiger partial charge in [0, 0.05) is 35.5 Å². The molecule has 3 aromatic rings. The fourth-order valence-electron chi connectivity index (χ4n) is 3.53. The fourth-order valence-corrected chi connectivity index (χ4v) is 3.53. The van der Waals surface area contributed by atoms with Gasteiger partial charge < -0.3 is 4.90 Å². The van der Waals surface area contributed by atoms with Crippen molar-refractivity contribution in [2.75, 3.05) is 18.0 Å². The zero-order valence-corrected chi connectivity index (χ0v) is 15.5. The lowest BCUT2D eigenvalue weighted by Crippen LogP contribution is -2.26. The molecule has 2 nitrogen and oxygen atoms in total. The zero-order chi connectivity index (χ0) is 18.7. The van der Waals surface area contributed by atoms with E-state index >= 15 is 0 Å². The molecule has 0 unspecified atom stereocenters. The molecule has 0 radical (unpaired) electrons. The van der Waals surface area contributed by atoms with Crippen LogP contribution >= 0.6 is 0 Å². The van der Waals surface area contributed by atoms with Gasteiger partial charge in [-0.15, -0.1) is 0 Å². The van der Waals surface area contributed by atoms with Gasteiger partial charge in [0.2, 0.25) is 0 Å². The number of pyridine rings is 1. The Labute approximate surface area is 153 Å². The third-order valence-electron chi connectivity index (χ3n) is 4.55. The highest BCUT2D eigenvalue weighted by atomic mass is 19.1. The van der Waals surface area contributed by atoms with Crippen LogP contribution in [-0.2, 0) is 0 Å². The van der Waals surface area contributed by atoms with Gasteiger partial charge in [0.05, 0.1) is 17.1 Å². The Balaban J connectivity index is 2.27. The molecule has 4 heteroatoms. The Kier molecular flexibility index (Phi) is 5.50. The average molecular weight is 354 g/mol. The first-order valence-electron chi connectivity index (χ1n) is 9.16. The number of anilines is 1. The lowest BCUT2D eigenvalue weighted by atomic mass is 10.00. The molecular weight excluding hydrogens is 330 g/mol. The quantitative estimate of drug-likeness (QED) is 0.530. The third-order valence-corrected chi connectivity index (χ3v) is 4.55. The van der Waals surface area contributed by atoms with Crippen molar-refractivity contribution in [3.8, 4) is 11.3 Å². The van der Waals surface area contributed by atoms with E-state index in [1.54, 1.807) is 0 Å². The highest BCUT2D eigenvalue weighted by Gasteiger charge is 2.18. The second-order valence-corrected chi connectivity index (χ2v) is 6.55. The third kappa shape index (κ3) is 3.41. The minimum absolute atomic E-state index is 0.329. The summed E-state index contributed by atoms with van der Waals surface area (Å²) in [5.74, 6) is -1.17. The van der Waals surface area contributed by atoms with Gasteiger partial charge in [0.25, 0.3) is 0 Å². The second-order valence-electron chi connectivity index (χ2n) is 6.55. The summed E-state index contributed by atoms with van der Waals surface area (Å²) >= 11 is 0. The first-order valence-corrected chi connectivity index (χ1v) is 9.16. The summed E-state index contributed by atoms with van der Waals surface area (Å²) in [4.78, 5) is 7.10. The molecule has 2 aromatic carbocycles. The molecule has 1 heterocycles. The highest BCUT2D eigenvalue weighted by molar-refractivity contribution is 6.02. The molecule has 3 rings (SSSR count). The summed E-state index contributed by atoms with van der Waals surface area (Å²) in [6.07, 6.45) is 2.09. The van der Waals surface area contributed by atoms with Gasteiger partial charge in [-0.05, 0) is 31.9 Å². The molecule has 1 aromatic heterocycles. The first kappa shape index (κ1) is 18.3. The number of aryl methyl sites for hydroxylation is 1. The maximum Gasteiger partial charge on any atom is 0.135 e. The predicted molar refractivity (Wildman–Crippen MR) is 105 cm³/mol. The summed E-state index contributed by atoms with van der Waals surface area (Å²) in [6.45, 7) is 8.19. The van der Waals surface area contributed by atoms with Crippen LogP contribution in [0.3, 0.4) is 0 Å². The smallest absolute Gasteiger partial charge is 0.135 e. The van der Waals surface area contributed by atoms with Gasteiger partial charge in [-0.25, -0.2) is 8.78 Å². The number of aromatic nitrogens is 1. The minimum Gasteiger partial charge on any atom is -0.370 e. The van der Waals surface area contributed by atoms with E-state index < -0.39 is 11.6 Å². The molecule has 0 aliphatic carbocycles. The highest BCUT2D eigenvalue weighted by Crippen LogP contribution is 2.36. The van der Waals surface area contributed by atoms with Crippen molar-refractivity contribution in [2.45, 2.75) is 33.6 Å². The molecule has 0 saturated carbocycles. The van der Waals surface area contributed by atoms with Gasteiger partial charge >= 0.3 is 0 Å². The molecular formula is C22H24F2N2. The van der Waals surface area contributed by atoms with Gasteiger partial charge in [-0.3, -0.25) is 4.98 Å². The fraction of sp³-hybridized carbons (Fsp3) is 0.318. The van der Waals surface area contributed by atoms with Crippen LogP contribution in [0.25, 0.3) is 22.0 Å². The largest absolute Gasteiger partial charge is 0.370 e. The van der Waals surface area contributed by atoms with Crippen molar-refractivity contribution in [1.29, 1.82) is 0 Å². The topological polar surface area (TPSA) is 16.1 Å². The van der Waals surface area contributed by atoms with E-state index in [-0.39, 0.29) is 0 Å². The summed E-state index contributed by atoms with van der Waals surface area (Å²) in [5.41, 5.74) is 2.86. The molecule has 0 bridgehead atoms. The van der Waals surface area contributed by atoms with Gasteiger partial charge in [-0.1, -0.05) is 38.1 Å². The number of rotatable bonds is 6. The Morgan fingerprint density at radius 1 is 0.923 bits per heavy atom. The molecule has 0 amide bonds. The van der Waals surface area contributed by atoms with Crippen LogP contribution in [0.2, 0.25) is 0 Å². The van der Waals surface area contributed by atoms with Crippen molar-refractivity contribution in [3.05, 3.63) is 59.8 Å². The van der Waals surface area contributed by atoms with E-state index in [9.17, 15) is 8.78 Å². The lowest BCUT2D eigenvalue weighted by Gasteiger charge is -2.27. The Bertz CT molecular complexity index is 915. The number of benzene rings is 2. The molecule has 0 fully saturated rings. The predicted octanol–water partition coefficient (Wildman–Crippen LogP) is 6.11. The van der Waals surface area contributed by atoms with Crippen LogP contribution in [0, 0.1) is 18.6 Å². The molecule has 0 N–H and O–H groups in total. The molecule has 0 aliphatic rings. The number of nitrogens with zero attached hydrogens (tertiary/aromatic N) is 2. The first-order chi connectivity index (χ1) is 12.6. The van der Waals surface area contributed by atoms with E-state index in [0.29, 0.717) is 11.3 Å². The Morgan fingerprint density at radius 2 is 1.58 bits per heavy atom. The van der Waals surface area contributed by atoms with E-state index in [1.165, 1.54) is 12.1 Å². The van der Waals surface area contributed by atoms with Crippen molar-refractivity contribution in [1.82, 2.24) is 4.98 Å². The minimum atomic E-state index is -0.589. The van der Waals surface area contributed by atoms with Crippen LogP contribution in [0.4, 0.5) is 14.5 Å². The maximum atomic E-state index is 14.4. The van der Waals surface area contributed by atoms with Gasteiger partial charge in [-0.2, -0.15) is 0 Å². The zero-order valence-electron chi connectivity index (χ0n) is 15.5. The van der Waals surface area contributed by atoms with Crippen molar-refractivity contribution in [3.63, 3.8) is 0 Å². The number of hydrogen-bond acceptors (Lipinski definition) is 2. The standard InChI is InChI=1S/C22H24F2N2/c1-4-12-26(13-5-2)22-15(3)25-21(17-8-6-7-9-18(17)22)19-11-10-16(23)14-20(19)24/h6-11,14H,4-5,12-13H2,1-3H3. The number of hydrogen-bond donors (Lipinski definition) is 0. The molecule has 0 aliphatic heterocycles. The average Bonchev–Trinajstić information content (AvgIpc) is 2.61. The van der Waals surface area contributed by atoms with Crippen LogP contribution in [0.1, 0.15) is 32.4 Å². The Hall–Kier alpha value is -2.49. The van der Waals surface area contributed by atoms with Crippen molar-refractivity contribution in [2.24, 2.45) is 0 Å². The molecule has 0 saturated heterocycles. The van der Waals surface area contributed by atoms with E-state index in [1.807, 2.05) is 25.1 Å². The van der Waals surface area contributed by atoms with E-state index in [2.05, 4.69) is 24.8 Å². The van der Waals surface area contributed by atoms with Crippen molar-refractivity contribution < 1.29 is 8.78 Å². The van der Waals surface area contributed by atoms with Crippen LogP contribution < -0.4 is 4.90 Å². The summed E-state index contributed by atoms with van der Waals surface area (Å²) in [5, 5.41) is 1.94. The molecule has 0 atom stereocenters. The number of fused-ring (bicyclic) bond motifs is 1. The van der Waals surface area contributed by atoms with Crippen LogP contribution in [0.15, 0.2) is 42.5 Å². The summed E-state index contributed by atoms with van der Waals surface area (Å²) < 4.78 is 27.7. The SMILES string of the molecule is CCCN(CCC)c1c(C)nc(-c2ccc(F)cc2F)c2ccccc12. The molecule has 136 valence electrons. The van der Waals surface area contributed by atoms with E-state index in [4.69, 9.17) is 4.98 Å². The van der Waals surface area contributed by atoms with Gasteiger partial charge in [0.1, 0.15) is 11.6 Å². The summed E-state index contributed by atoms with van der Waals surface area (Å²) in [6, 6.07) is 11.6. The molecule has 0 spiro atoms. The van der Waals surface area contributed by atoms with Crippen molar-refractivity contribution >= 4 is 16.5 Å². The normalized spacial score (nSPS) is 11.1. The maximum absolute atomic E-state index is 14.4. The molecule has 26 heavy (non-hydrogen) atoms. The Morgan fingerprint density at radius 3 is 2.19 bits per heavy atom. The second kappa shape index (κ2) is 7.81. The number of halogens is 2. The summed E-state index contributed by atoms with van der Waals surface area (Å²) in [7, 11) is 0. The lowest BCUT2D eigenvalue weighted by molar-refractivity contribution is 0.585. The van der Waals surface area contributed by atoms with Gasteiger partial charge in [0.15, 0.2) is 0 Å². The van der Waals surface area contributed by atoms with Crippen LogP contribution in [-0.4, -0.2) is 18.1 Å².